The number of nitrogens with one attached hydrogen (secondary N) is 2. The highest BCUT2D eigenvalue weighted by Crippen LogP contribution is 2.25. The minimum Gasteiger partial charge on any atom is -0.317 e. The average molecular weight is 232 g/mol. The zero-order valence-corrected chi connectivity index (χ0v) is 10.8. The first-order chi connectivity index (χ1) is 8.40. The lowest BCUT2D eigenvalue weighted by molar-refractivity contribution is 0.489. The maximum Gasteiger partial charge on any atom is -0.00141 e. The lowest BCUT2D eigenvalue weighted by Crippen LogP contribution is -2.26. The van der Waals surface area contributed by atoms with Crippen molar-refractivity contribution in [2.75, 3.05) is 26.2 Å². The van der Waals surface area contributed by atoms with E-state index in [1.54, 1.807) is 11.1 Å². The van der Waals surface area contributed by atoms with E-state index in [0.717, 1.165) is 25.6 Å². The van der Waals surface area contributed by atoms with Crippen LogP contribution in [0.25, 0.3) is 0 Å². The van der Waals surface area contributed by atoms with Crippen molar-refractivity contribution in [1.29, 1.82) is 0 Å². The third kappa shape index (κ3) is 3.83. The normalized spacial score (nSPS) is 15.1. The zero-order chi connectivity index (χ0) is 11.9. The Morgan fingerprint density at radius 2 is 1.71 bits per heavy atom. The van der Waals surface area contributed by atoms with E-state index in [1.807, 2.05) is 0 Å². The summed E-state index contributed by atoms with van der Waals surface area (Å²) in [6, 6.07) is 8.87. The van der Waals surface area contributed by atoms with Gasteiger partial charge in [-0.05, 0) is 62.5 Å². The van der Waals surface area contributed by atoms with Crippen LogP contribution in [0.15, 0.2) is 24.3 Å². The SMILES string of the molecule is CCNCCCNCC1Cc2ccccc2C1. The van der Waals surface area contributed by atoms with E-state index in [-0.39, 0.29) is 0 Å². The molecule has 0 amide bonds. The van der Waals surface area contributed by atoms with Crippen LogP contribution in [0.1, 0.15) is 24.5 Å². The minimum atomic E-state index is 0.812. The van der Waals surface area contributed by atoms with E-state index >= 15 is 0 Å². The van der Waals surface area contributed by atoms with Crippen molar-refractivity contribution >= 4 is 0 Å². The van der Waals surface area contributed by atoms with Crippen LogP contribution in [0.2, 0.25) is 0 Å². The molecule has 1 aromatic rings. The van der Waals surface area contributed by atoms with Crippen LogP contribution in [0, 0.1) is 5.92 Å². The van der Waals surface area contributed by atoms with Crippen LogP contribution in [0.3, 0.4) is 0 Å². The van der Waals surface area contributed by atoms with Crippen molar-refractivity contribution in [3.63, 3.8) is 0 Å². The first-order valence-corrected chi connectivity index (χ1v) is 6.88. The Bertz CT molecular complexity index is 310. The van der Waals surface area contributed by atoms with E-state index < -0.39 is 0 Å². The second kappa shape index (κ2) is 6.77. The molecule has 0 bridgehead atoms. The molecule has 2 heteroatoms. The molecule has 1 aliphatic carbocycles. The van der Waals surface area contributed by atoms with Gasteiger partial charge in [0.1, 0.15) is 0 Å². The quantitative estimate of drug-likeness (QED) is 0.703. The van der Waals surface area contributed by atoms with Crippen LogP contribution >= 0.6 is 0 Å². The molecule has 0 aromatic heterocycles. The number of hydrogen-bond donors (Lipinski definition) is 2. The average Bonchev–Trinajstić information content (AvgIpc) is 2.76. The molecule has 0 aliphatic heterocycles. The van der Waals surface area contributed by atoms with Gasteiger partial charge in [0, 0.05) is 0 Å². The van der Waals surface area contributed by atoms with Gasteiger partial charge in [-0.15, -0.1) is 0 Å². The molecule has 17 heavy (non-hydrogen) atoms. The monoisotopic (exact) mass is 232 g/mol. The Balaban J connectivity index is 1.60. The Hall–Kier alpha value is -0.860. The van der Waals surface area contributed by atoms with E-state index in [4.69, 9.17) is 0 Å². The third-order valence-corrected chi connectivity index (χ3v) is 3.53. The number of hydrogen-bond acceptors (Lipinski definition) is 2. The fraction of sp³-hybridized carbons (Fsp3) is 0.600. The highest BCUT2D eigenvalue weighted by atomic mass is 14.9. The van der Waals surface area contributed by atoms with Gasteiger partial charge in [0.05, 0.1) is 0 Å². The molecular weight excluding hydrogens is 208 g/mol. The summed E-state index contributed by atoms with van der Waals surface area (Å²) in [6.07, 6.45) is 3.75. The van der Waals surface area contributed by atoms with Gasteiger partial charge in [0.25, 0.3) is 0 Å². The first-order valence-electron chi connectivity index (χ1n) is 6.88. The topological polar surface area (TPSA) is 24.1 Å². The standard InChI is InChI=1S/C15H24N2/c1-2-16-8-5-9-17-12-13-10-14-6-3-4-7-15(14)11-13/h3-4,6-7,13,16-17H,2,5,8-12H2,1H3. The Kier molecular flexibility index (Phi) is 5.02. The second-order valence-corrected chi connectivity index (χ2v) is 4.95. The van der Waals surface area contributed by atoms with E-state index in [2.05, 4.69) is 41.8 Å². The molecule has 2 rings (SSSR count). The maximum absolute atomic E-state index is 3.58. The molecule has 0 saturated heterocycles. The summed E-state index contributed by atoms with van der Waals surface area (Å²) in [7, 11) is 0. The summed E-state index contributed by atoms with van der Waals surface area (Å²) in [5.41, 5.74) is 3.12. The van der Waals surface area contributed by atoms with Crippen molar-refractivity contribution in [2.24, 2.45) is 5.92 Å². The van der Waals surface area contributed by atoms with Crippen molar-refractivity contribution in [2.45, 2.75) is 26.2 Å². The fourth-order valence-corrected chi connectivity index (χ4v) is 2.62. The Labute approximate surface area is 105 Å². The largest absolute Gasteiger partial charge is 0.317 e. The highest BCUT2D eigenvalue weighted by molar-refractivity contribution is 5.32. The van der Waals surface area contributed by atoms with Gasteiger partial charge in [0.15, 0.2) is 0 Å². The smallest absolute Gasteiger partial charge is 0.00141 e. The predicted octanol–water partition coefficient (Wildman–Crippen LogP) is 1.99. The molecule has 0 radical (unpaired) electrons. The summed E-state index contributed by atoms with van der Waals surface area (Å²) in [5, 5.41) is 6.93. The van der Waals surface area contributed by atoms with Crippen molar-refractivity contribution < 1.29 is 0 Å². The predicted molar refractivity (Wildman–Crippen MR) is 73.4 cm³/mol. The molecule has 2 nitrogen and oxygen atoms in total. The van der Waals surface area contributed by atoms with Crippen LogP contribution in [0.5, 0.6) is 0 Å². The van der Waals surface area contributed by atoms with Gasteiger partial charge in [-0.1, -0.05) is 31.2 Å². The first kappa shape index (κ1) is 12.6. The molecule has 1 aliphatic rings. The lowest BCUT2D eigenvalue weighted by atomic mass is 10.1. The molecule has 0 atom stereocenters. The van der Waals surface area contributed by atoms with Crippen LogP contribution in [0.4, 0.5) is 0 Å². The molecule has 2 N–H and O–H groups in total. The number of benzene rings is 1. The maximum atomic E-state index is 3.58. The van der Waals surface area contributed by atoms with Crippen molar-refractivity contribution in [1.82, 2.24) is 10.6 Å². The zero-order valence-electron chi connectivity index (χ0n) is 10.8. The minimum absolute atomic E-state index is 0.812. The van der Waals surface area contributed by atoms with Gasteiger partial charge < -0.3 is 10.6 Å². The van der Waals surface area contributed by atoms with Crippen molar-refractivity contribution in [3.05, 3.63) is 35.4 Å². The van der Waals surface area contributed by atoms with E-state index in [9.17, 15) is 0 Å². The number of rotatable bonds is 7. The Morgan fingerprint density at radius 3 is 2.35 bits per heavy atom. The summed E-state index contributed by atoms with van der Waals surface area (Å²) in [5.74, 6) is 0.812. The third-order valence-electron chi connectivity index (χ3n) is 3.53. The number of fused-ring (bicyclic) bond motifs is 1. The molecule has 1 aromatic carbocycles. The van der Waals surface area contributed by atoms with Crippen LogP contribution in [-0.4, -0.2) is 26.2 Å². The summed E-state index contributed by atoms with van der Waals surface area (Å²) in [6.45, 7) is 6.68. The fourth-order valence-electron chi connectivity index (χ4n) is 2.62. The van der Waals surface area contributed by atoms with Crippen LogP contribution < -0.4 is 10.6 Å². The van der Waals surface area contributed by atoms with Gasteiger partial charge >= 0.3 is 0 Å². The molecular formula is C15H24N2. The van der Waals surface area contributed by atoms with Gasteiger partial charge in [-0.3, -0.25) is 0 Å². The van der Waals surface area contributed by atoms with E-state index in [1.165, 1.54) is 25.8 Å². The van der Waals surface area contributed by atoms with Crippen molar-refractivity contribution in [3.8, 4) is 0 Å². The van der Waals surface area contributed by atoms with Gasteiger partial charge in [0.2, 0.25) is 0 Å². The summed E-state index contributed by atoms with van der Waals surface area (Å²) >= 11 is 0. The Morgan fingerprint density at radius 1 is 1.06 bits per heavy atom. The summed E-state index contributed by atoms with van der Waals surface area (Å²) in [4.78, 5) is 0. The molecule has 0 fully saturated rings. The second-order valence-electron chi connectivity index (χ2n) is 4.95. The van der Waals surface area contributed by atoms with Gasteiger partial charge in [-0.2, -0.15) is 0 Å². The van der Waals surface area contributed by atoms with E-state index in [0.29, 0.717) is 0 Å². The lowest BCUT2D eigenvalue weighted by Gasteiger charge is -2.10. The van der Waals surface area contributed by atoms with Gasteiger partial charge in [-0.25, -0.2) is 0 Å². The molecule has 0 unspecified atom stereocenters. The molecule has 0 saturated carbocycles. The molecule has 0 heterocycles. The molecule has 0 spiro atoms. The highest BCUT2D eigenvalue weighted by Gasteiger charge is 2.19. The summed E-state index contributed by atoms with van der Waals surface area (Å²) < 4.78 is 0. The molecule has 94 valence electrons. The van der Waals surface area contributed by atoms with Crippen LogP contribution in [-0.2, 0) is 12.8 Å².